The van der Waals surface area contributed by atoms with Crippen LogP contribution in [0.25, 0.3) is 0 Å². The van der Waals surface area contributed by atoms with E-state index in [-0.39, 0.29) is 0 Å². The van der Waals surface area contributed by atoms with Crippen molar-refractivity contribution in [1.29, 1.82) is 0 Å². The molecule has 3 nitrogen and oxygen atoms in total. The summed E-state index contributed by atoms with van der Waals surface area (Å²) in [6.45, 7) is 3.23. The third-order valence-electron chi connectivity index (χ3n) is 5.28. The van der Waals surface area contributed by atoms with Crippen molar-refractivity contribution >= 4 is 5.91 Å². The van der Waals surface area contributed by atoms with Crippen LogP contribution in [0.15, 0.2) is 0 Å². The Hall–Kier alpha value is -0.570. The highest BCUT2D eigenvalue weighted by Crippen LogP contribution is 2.57. The topological polar surface area (TPSA) is 41.1 Å². The van der Waals surface area contributed by atoms with E-state index in [1.807, 2.05) is 0 Å². The number of carbonyl (C=O) groups excluding carboxylic acids is 1. The molecule has 0 aromatic carbocycles. The first-order valence-corrected chi connectivity index (χ1v) is 7.83. The van der Waals surface area contributed by atoms with E-state index < -0.39 is 0 Å². The quantitative estimate of drug-likeness (QED) is 0.802. The van der Waals surface area contributed by atoms with Crippen LogP contribution in [0.3, 0.4) is 0 Å². The molecule has 0 spiro atoms. The van der Waals surface area contributed by atoms with Crippen molar-refractivity contribution < 1.29 is 4.79 Å². The Kier molecular flexibility index (Phi) is 3.60. The lowest BCUT2D eigenvalue weighted by atomic mass is 9.91. The van der Waals surface area contributed by atoms with E-state index in [0.717, 1.165) is 31.2 Å². The summed E-state index contributed by atoms with van der Waals surface area (Å²) in [6.07, 6.45) is 8.71. The first kappa shape index (κ1) is 12.5. The highest BCUT2D eigenvalue weighted by Gasteiger charge is 2.56. The Bertz CT molecular complexity index is 300. The highest BCUT2D eigenvalue weighted by molar-refractivity contribution is 5.82. The molecule has 3 rings (SSSR count). The molecule has 18 heavy (non-hydrogen) atoms. The van der Waals surface area contributed by atoms with Gasteiger partial charge in [-0.2, -0.15) is 0 Å². The van der Waals surface area contributed by atoms with Crippen LogP contribution in [0.4, 0.5) is 0 Å². The van der Waals surface area contributed by atoms with Crippen molar-refractivity contribution in [3.8, 4) is 0 Å². The van der Waals surface area contributed by atoms with E-state index >= 15 is 0 Å². The Morgan fingerprint density at radius 2 is 1.61 bits per heavy atom. The van der Waals surface area contributed by atoms with Gasteiger partial charge >= 0.3 is 0 Å². The Morgan fingerprint density at radius 3 is 2.22 bits per heavy atom. The van der Waals surface area contributed by atoms with Crippen LogP contribution in [0.1, 0.15) is 51.9 Å². The SMILES string of the molecule is CCNC1CCC(NC(=O)C2C3CCCC32)CC1. The summed E-state index contributed by atoms with van der Waals surface area (Å²) >= 11 is 0. The van der Waals surface area contributed by atoms with Gasteiger partial charge in [0.15, 0.2) is 0 Å². The van der Waals surface area contributed by atoms with Gasteiger partial charge in [-0.15, -0.1) is 0 Å². The lowest BCUT2D eigenvalue weighted by molar-refractivity contribution is -0.124. The van der Waals surface area contributed by atoms with Crippen LogP contribution in [-0.4, -0.2) is 24.5 Å². The summed E-state index contributed by atoms with van der Waals surface area (Å²) in [5, 5.41) is 6.82. The second kappa shape index (κ2) is 5.20. The van der Waals surface area contributed by atoms with Gasteiger partial charge in [-0.3, -0.25) is 4.79 Å². The van der Waals surface area contributed by atoms with Crippen LogP contribution >= 0.6 is 0 Å². The van der Waals surface area contributed by atoms with Gasteiger partial charge in [0.2, 0.25) is 5.91 Å². The van der Waals surface area contributed by atoms with E-state index in [4.69, 9.17) is 0 Å². The van der Waals surface area contributed by atoms with E-state index in [1.54, 1.807) is 0 Å². The van der Waals surface area contributed by atoms with Gasteiger partial charge < -0.3 is 10.6 Å². The summed E-state index contributed by atoms with van der Waals surface area (Å²) in [5.74, 6) is 2.27. The molecule has 102 valence electrons. The monoisotopic (exact) mass is 250 g/mol. The lowest BCUT2D eigenvalue weighted by Crippen LogP contribution is -2.43. The number of fused-ring (bicyclic) bond motifs is 1. The molecule has 2 unspecified atom stereocenters. The molecule has 0 heterocycles. The maximum absolute atomic E-state index is 12.2. The summed E-state index contributed by atoms with van der Waals surface area (Å²) in [4.78, 5) is 12.2. The average molecular weight is 250 g/mol. The average Bonchev–Trinajstić information content (AvgIpc) is 2.86. The van der Waals surface area contributed by atoms with Crippen LogP contribution < -0.4 is 10.6 Å². The van der Waals surface area contributed by atoms with Crippen LogP contribution in [0, 0.1) is 17.8 Å². The molecule has 3 fully saturated rings. The molecule has 0 saturated heterocycles. The van der Waals surface area contributed by atoms with Gasteiger partial charge in [0, 0.05) is 18.0 Å². The first-order valence-electron chi connectivity index (χ1n) is 7.83. The molecule has 0 bridgehead atoms. The molecule has 3 aliphatic carbocycles. The zero-order valence-corrected chi connectivity index (χ0v) is 11.5. The molecule has 0 radical (unpaired) electrons. The molecule has 3 heteroatoms. The van der Waals surface area contributed by atoms with E-state index in [0.29, 0.717) is 23.9 Å². The minimum Gasteiger partial charge on any atom is -0.353 e. The van der Waals surface area contributed by atoms with Crippen molar-refractivity contribution in [2.45, 2.75) is 64.0 Å². The third kappa shape index (κ3) is 2.42. The molecule has 0 aromatic heterocycles. The van der Waals surface area contributed by atoms with E-state index in [9.17, 15) is 4.79 Å². The van der Waals surface area contributed by atoms with Crippen LogP contribution in [0.2, 0.25) is 0 Å². The summed E-state index contributed by atoms with van der Waals surface area (Å²) in [7, 11) is 0. The number of hydrogen-bond acceptors (Lipinski definition) is 2. The van der Waals surface area contributed by atoms with Crippen molar-refractivity contribution in [3.63, 3.8) is 0 Å². The van der Waals surface area contributed by atoms with Crippen molar-refractivity contribution in [1.82, 2.24) is 10.6 Å². The summed E-state index contributed by atoms with van der Waals surface area (Å²) < 4.78 is 0. The fourth-order valence-electron chi connectivity index (χ4n) is 4.24. The van der Waals surface area contributed by atoms with Crippen LogP contribution in [-0.2, 0) is 4.79 Å². The summed E-state index contributed by atoms with van der Waals surface area (Å²) in [5.41, 5.74) is 0. The molecule has 3 saturated carbocycles. The van der Waals surface area contributed by atoms with Gasteiger partial charge in [-0.1, -0.05) is 13.3 Å². The standard InChI is InChI=1S/C15H26N2O/c1-2-16-10-6-8-11(9-7-10)17-15(18)14-12-4-3-5-13(12)14/h10-14,16H,2-9H2,1H3,(H,17,18). The smallest absolute Gasteiger partial charge is 0.223 e. The normalized spacial score (nSPS) is 42.4. The molecular weight excluding hydrogens is 224 g/mol. The minimum atomic E-state index is 0.372. The van der Waals surface area contributed by atoms with Gasteiger partial charge in [0.1, 0.15) is 0 Å². The lowest BCUT2D eigenvalue weighted by Gasteiger charge is -2.29. The van der Waals surface area contributed by atoms with Gasteiger partial charge in [0.25, 0.3) is 0 Å². The highest BCUT2D eigenvalue weighted by atomic mass is 16.2. The number of hydrogen-bond donors (Lipinski definition) is 2. The van der Waals surface area contributed by atoms with Crippen molar-refractivity contribution in [3.05, 3.63) is 0 Å². The minimum absolute atomic E-state index is 0.372. The predicted molar refractivity (Wildman–Crippen MR) is 72.2 cm³/mol. The van der Waals surface area contributed by atoms with E-state index in [1.165, 1.54) is 32.1 Å². The fraction of sp³-hybridized carbons (Fsp3) is 0.933. The zero-order chi connectivity index (χ0) is 12.5. The predicted octanol–water partition coefficient (Wildman–Crippen LogP) is 2.07. The van der Waals surface area contributed by atoms with Crippen molar-refractivity contribution in [2.24, 2.45) is 17.8 Å². The maximum Gasteiger partial charge on any atom is 0.223 e. The molecule has 2 N–H and O–H groups in total. The zero-order valence-electron chi connectivity index (χ0n) is 11.5. The molecule has 0 aromatic rings. The van der Waals surface area contributed by atoms with Gasteiger partial charge in [-0.05, 0) is 56.9 Å². The van der Waals surface area contributed by atoms with E-state index in [2.05, 4.69) is 17.6 Å². The van der Waals surface area contributed by atoms with Crippen molar-refractivity contribution in [2.75, 3.05) is 6.54 Å². The second-order valence-electron chi connectivity index (χ2n) is 6.40. The summed E-state index contributed by atoms with van der Waals surface area (Å²) in [6, 6.07) is 1.14. The Balaban J connectivity index is 1.40. The molecule has 3 aliphatic rings. The van der Waals surface area contributed by atoms with Crippen LogP contribution in [0.5, 0.6) is 0 Å². The molecule has 2 atom stereocenters. The number of carbonyl (C=O) groups is 1. The van der Waals surface area contributed by atoms with Gasteiger partial charge in [-0.25, -0.2) is 0 Å². The Morgan fingerprint density at radius 1 is 1.00 bits per heavy atom. The number of nitrogens with one attached hydrogen (secondary N) is 2. The molecule has 1 amide bonds. The number of amides is 1. The number of rotatable bonds is 4. The van der Waals surface area contributed by atoms with Gasteiger partial charge in [0.05, 0.1) is 0 Å². The molecule has 0 aliphatic heterocycles. The maximum atomic E-state index is 12.2. The molecular formula is C15H26N2O. The third-order valence-corrected chi connectivity index (χ3v) is 5.28. The largest absolute Gasteiger partial charge is 0.353 e. The second-order valence-corrected chi connectivity index (χ2v) is 6.40. The Labute approximate surface area is 110 Å². The fourth-order valence-corrected chi connectivity index (χ4v) is 4.24. The first-order chi connectivity index (χ1) is 8.79.